The van der Waals surface area contributed by atoms with Crippen molar-refractivity contribution in [1.82, 2.24) is 39.5 Å². The van der Waals surface area contributed by atoms with Crippen LogP contribution in [0.15, 0.2) is 61.4 Å². The molecule has 0 fully saturated rings. The van der Waals surface area contributed by atoms with Crippen LogP contribution in [0.1, 0.15) is 17.0 Å². The quantitative estimate of drug-likeness (QED) is 0.533. The van der Waals surface area contributed by atoms with Crippen molar-refractivity contribution in [2.45, 2.75) is 19.6 Å². The highest BCUT2D eigenvalue weighted by Crippen LogP contribution is 2.08. The third-order valence-electron chi connectivity index (χ3n) is 3.75. The van der Waals surface area contributed by atoms with Gasteiger partial charge in [-0.1, -0.05) is 24.3 Å². The van der Waals surface area contributed by atoms with Gasteiger partial charge in [-0.2, -0.15) is 5.10 Å². The summed E-state index contributed by atoms with van der Waals surface area (Å²) in [6, 6.07) is 10.3. The van der Waals surface area contributed by atoms with Crippen LogP contribution in [-0.4, -0.2) is 39.5 Å². The van der Waals surface area contributed by atoms with Crippen molar-refractivity contribution < 1.29 is 0 Å². The summed E-state index contributed by atoms with van der Waals surface area (Å²) in [7, 11) is 0. The average Bonchev–Trinajstić information content (AvgIpc) is 3.34. The first-order valence-corrected chi connectivity index (χ1v) is 7.63. The predicted molar refractivity (Wildman–Crippen MR) is 86.0 cm³/mol. The van der Waals surface area contributed by atoms with Crippen molar-refractivity contribution in [1.29, 1.82) is 0 Å². The van der Waals surface area contributed by atoms with Gasteiger partial charge in [0.1, 0.15) is 0 Å². The van der Waals surface area contributed by atoms with Gasteiger partial charge in [-0.25, -0.2) is 9.67 Å². The zero-order chi connectivity index (χ0) is 16.2. The molecule has 0 atom stereocenters. The monoisotopic (exact) mass is 320 g/mol. The maximum Gasteiger partial charge on any atom is 0.171 e. The number of rotatable bonds is 6. The lowest BCUT2D eigenvalue weighted by Crippen LogP contribution is -2.10. The molecule has 0 radical (unpaired) electrons. The summed E-state index contributed by atoms with van der Waals surface area (Å²) in [6.07, 6.45) is 9.13. The molecule has 3 aromatic heterocycles. The van der Waals surface area contributed by atoms with Crippen molar-refractivity contribution in [3.8, 4) is 0 Å². The second kappa shape index (κ2) is 6.45. The van der Waals surface area contributed by atoms with E-state index in [9.17, 15) is 0 Å². The third-order valence-corrected chi connectivity index (χ3v) is 3.75. The van der Waals surface area contributed by atoms with Gasteiger partial charge in [0.25, 0.3) is 0 Å². The highest BCUT2D eigenvalue weighted by Gasteiger charge is 2.07. The lowest BCUT2D eigenvalue weighted by Gasteiger charge is -2.07. The van der Waals surface area contributed by atoms with Gasteiger partial charge >= 0.3 is 0 Å². The summed E-state index contributed by atoms with van der Waals surface area (Å²) >= 11 is 0. The Labute approximate surface area is 138 Å². The minimum Gasteiger partial charge on any atom is -0.330 e. The smallest absolute Gasteiger partial charge is 0.171 e. The van der Waals surface area contributed by atoms with E-state index in [0.717, 1.165) is 17.9 Å². The molecule has 0 unspecified atom stereocenters. The molecule has 24 heavy (non-hydrogen) atoms. The Bertz CT molecular complexity index is 875. The first kappa shape index (κ1) is 14.3. The van der Waals surface area contributed by atoms with Crippen molar-refractivity contribution in [3.63, 3.8) is 0 Å². The summed E-state index contributed by atoms with van der Waals surface area (Å²) in [5, 5.41) is 16.2. The molecule has 0 aliphatic heterocycles. The lowest BCUT2D eigenvalue weighted by molar-refractivity contribution is 0.598. The molecule has 4 aromatic rings. The Balaban J connectivity index is 1.45. The molecule has 0 bridgehead atoms. The zero-order valence-corrected chi connectivity index (χ0v) is 13.0. The molecule has 0 saturated heterocycles. The fourth-order valence-corrected chi connectivity index (χ4v) is 2.51. The van der Waals surface area contributed by atoms with Crippen LogP contribution >= 0.6 is 0 Å². The molecule has 0 amide bonds. The normalized spacial score (nSPS) is 11.0. The van der Waals surface area contributed by atoms with Gasteiger partial charge in [0.2, 0.25) is 0 Å². The zero-order valence-electron chi connectivity index (χ0n) is 13.0. The van der Waals surface area contributed by atoms with Crippen LogP contribution in [0.3, 0.4) is 0 Å². The van der Waals surface area contributed by atoms with Crippen LogP contribution < -0.4 is 0 Å². The van der Waals surface area contributed by atoms with E-state index in [4.69, 9.17) is 0 Å². The molecule has 8 heteroatoms. The van der Waals surface area contributed by atoms with Crippen LogP contribution in [0.4, 0.5) is 0 Å². The average molecular weight is 320 g/mol. The molecule has 0 N–H and O–H groups in total. The van der Waals surface area contributed by atoms with Crippen molar-refractivity contribution in [3.05, 3.63) is 78.4 Å². The van der Waals surface area contributed by atoms with Gasteiger partial charge in [-0.3, -0.25) is 4.68 Å². The van der Waals surface area contributed by atoms with Gasteiger partial charge in [0.05, 0.1) is 26.0 Å². The Morgan fingerprint density at radius 2 is 1.71 bits per heavy atom. The minimum absolute atomic E-state index is 0.602. The SMILES string of the molecule is c1cnn(Cc2ccc(Cn3nnnc3Cn3ccnc3)cc2)c1. The lowest BCUT2D eigenvalue weighted by atomic mass is 10.1. The fourth-order valence-electron chi connectivity index (χ4n) is 2.51. The standard InChI is InChI=1S/C16H16N8/c1-6-18-23(8-1)10-14-2-4-15(5-3-14)11-24-16(19-20-21-24)12-22-9-7-17-13-22/h1-9,13H,10-12H2. The van der Waals surface area contributed by atoms with E-state index in [-0.39, 0.29) is 0 Å². The van der Waals surface area contributed by atoms with Crippen LogP contribution in [0.2, 0.25) is 0 Å². The van der Waals surface area contributed by atoms with E-state index in [1.54, 1.807) is 18.7 Å². The van der Waals surface area contributed by atoms with Crippen LogP contribution in [0, 0.1) is 0 Å². The predicted octanol–water partition coefficient (Wildman–Crippen LogP) is 1.21. The van der Waals surface area contributed by atoms with Gasteiger partial charge in [-0.15, -0.1) is 5.10 Å². The molecule has 0 saturated carbocycles. The highest BCUT2D eigenvalue weighted by molar-refractivity contribution is 5.23. The van der Waals surface area contributed by atoms with E-state index in [2.05, 4.69) is 49.9 Å². The first-order chi connectivity index (χ1) is 11.9. The Kier molecular flexibility index (Phi) is 3.85. The van der Waals surface area contributed by atoms with Crippen LogP contribution in [-0.2, 0) is 19.6 Å². The molecule has 0 aliphatic rings. The molecule has 8 nitrogen and oxygen atoms in total. The van der Waals surface area contributed by atoms with E-state index < -0.39 is 0 Å². The van der Waals surface area contributed by atoms with Gasteiger partial charge < -0.3 is 4.57 Å². The summed E-state index contributed by atoms with van der Waals surface area (Å²) in [6.45, 7) is 2.01. The number of hydrogen-bond acceptors (Lipinski definition) is 5. The number of imidazole rings is 1. The topological polar surface area (TPSA) is 79.2 Å². The van der Waals surface area contributed by atoms with Crippen molar-refractivity contribution >= 4 is 0 Å². The molecule has 0 spiro atoms. The Morgan fingerprint density at radius 3 is 2.42 bits per heavy atom. The summed E-state index contributed by atoms with van der Waals surface area (Å²) < 4.78 is 5.65. The number of tetrazole rings is 1. The molecule has 0 aliphatic carbocycles. The number of aromatic nitrogens is 8. The maximum absolute atomic E-state index is 4.22. The van der Waals surface area contributed by atoms with Gasteiger partial charge in [-0.05, 0) is 27.6 Å². The molecular weight excluding hydrogens is 304 g/mol. The minimum atomic E-state index is 0.602. The molecule has 120 valence electrons. The Morgan fingerprint density at radius 1 is 0.875 bits per heavy atom. The second-order valence-electron chi connectivity index (χ2n) is 5.51. The molecular formula is C16H16N8. The third kappa shape index (κ3) is 3.22. The number of hydrogen-bond donors (Lipinski definition) is 0. The molecule has 4 rings (SSSR count). The number of benzene rings is 1. The first-order valence-electron chi connectivity index (χ1n) is 7.63. The van der Waals surface area contributed by atoms with E-state index >= 15 is 0 Å². The van der Waals surface area contributed by atoms with Gasteiger partial charge in [0, 0.05) is 24.8 Å². The summed E-state index contributed by atoms with van der Waals surface area (Å²) in [5.74, 6) is 0.800. The molecule has 3 heterocycles. The largest absolute Gasteiger partial charge is 0.330 e. The Hall–Kier alpha value is -3.29. The van der Waals surface area contributed by atoms with E-state index in [1.165, 1.54) is 5.56 Å². The number of nitrogens with zero attached hydrogens (tertiary/aromatic N) is 8. The maximum atomic E-state index is 4.22. The fraction of sp³-hybridized carbons (Fsp3) is 0.188. The van der Waals surface area contributed by atoms with Crippen molar-refractivity contribution in [2.24, 2.45) is 0 Å². The van der Waals surface area contributed by atoms with Gasteiger partial charge in [0.15, 0.2) is 5.82 Å². The van der Waals surface area contributed by atoms with E-state index in [0.29, 0.717) is 13.1 Å². The van der Waals surface area contributed by atoms with E-state index in [1.807, 2.05) is 32.4 Å². The van der Waals surface area contributed by atoms with Crippen LogP contribution in [0.25, 0.3) is 0 Å². The summed E-state index contributed by atoms with van der Waals surface area (Å²) in [5.41, 5.74) is 2.36. The van der Waals surface area contributed by atoms with Crippen molar-refractivity contribution in [2.75, 3.05) is 0 Å². The molecule has 1 aromatic carbocycles. The van der Waals surface area contributed by atoms with Crippen LogP contribution in [0.5, 0.6) is 0 Å². The highest BCUT2D eigenvalue weighted by atomic mass is 15.5. The second-order valence-corrected chi connectivity index (χ2v) is 5.51. The summed E-state index contributed by atoms with van der Waals surface area (Å²) in [4.78, 5) is 4.03.